The van der Waals surface area contributed by atoms with Crippen LogP contribution < -0.4 is 0 Å². The first-order chi connectivity index (χ1) is 17.9. The lowest BCUT2D eigenvalue weighted by Crippen LogP contribution is -2.64. The Morgan fingerprint density at radius 3 is 1.82 bits per heavy atom. The molecule has 0 aliphatic carbocycles. The predicted molar refractivity (Wildman–Crippen MR) is 146 cm³/mol. The molecular weight excluding hydrogens is 530 g/mol. The van der Waals surface area contributed by atoms with E-state index in [-0.39, 0.29) is 6.42 Å². The number of carbonyl (C=O) groups is 1. The van der Waals surface area contributed by atoms with Crippen LogP contribution in [0, 0.1) is 0 Å². The molecule has 0 radical (unpaired) electrons. The highest BCUT2D eigenvalue weighted by atomic mass is 32.2. The normalized spacial score (nSPS) is 20.2. The number of amides is 1. The number of hydrogen-bond acceptors (Lipinski definition) is 5. The van der Waals surface area contributed by atoms with Crippen molar-refractivity contribution in [1.29, 1.82) is 0 Å². The quantitative estimate of drug-likeness (QED) is 0.388. The smallest absolute Gasteiger partial charge is 0.402 e. The summed E-state index contributed by atoms with van der Waals surface area (Å²) in [7, 11) is -2.61. The van der Waals surface area contributed by atoms with Crippen molar-refractivity contribution in [3.63, 3.8) is 0 Å². The van der Waals surface area contributed by atoms with Crippen molar-refractivity contribution in [3.8, 4) is 0 Å². The molecule has 214 valence electrons. The fourth-order valence-corrected chi connectivity index (χ4v) is 5.68. The third-order valence-corrected chi connectivity index (χ3v) is 9.11. The molecule has 1 fully saturated rings. The number of halogens is 3. The number of carbonyl (C=O) groups excluding carboxylic acids is 1. The van der Waals surface area contributed by atoms with Crippen LogP contribution in [0.4, 0.5) is 13.2 Å². The maximum absolute atomic E-state index is 15.0. The summed E-state index contributed by atoms with van der Waals surface area (Å²) in [6.45, 7) is 12.0. The summed E-state index contributed by atoms with van der Waals surface area (Å²) in [5, 5.41) is 0. The van der Waals surface area contributed by atoms with E-state index in [9.17, 15) is 9.00 Å². The van der Waals surface area contributed by atoms with E-state index < -0.39 is 63.2 Å². The zero-order valence-electron chi connectivity index (χ0n) is 23.7. The molecule has 0 unspecified atom stereocenters. The second kappa shape index (κ2) is 11.0. The molecule has 0 spiro atoms. The Morgan fingerprint density at radius 1 is 0.949 bits per heavy atom. The summed E-state index contributed by atoms with van der Waals surface area (Å²) < 4.78 is 76.4. The van der Waals surface area contributed by atoms with Gasteiger partial charge < -0.3 is 14.0 Å². The summed E-state index contributed by atoms with van der Waals surface area (Å²) in [6.07, 6.45) is -5.16. The van der Waals surface area contributed by atoms with Gasteiger partial charge in [0.15, 0.2) is 0 Å². The number of ether oxygens (including phenoxy) is 1. The van der Waals surface area contributed by atoms with Crippen molar-refractivity contribution in [2.24, 2.45) is 0 Å². The number of hydrogen-bond donors (Lipinski definition) is 0. The van der Waals surface area contributed by atoms with Gasteiger partial charge in [-0.15, -0.1) is 0 Å². The van der Waals surface area contributed by atoms with Gasteiger partial charge in [0.1, 0.15) is 11.0 Å². The molecule has 0 aromatic heterocycles. The zero-order valence-corrected chi connectivity index (χ0v) is 24.5. The Bertz CT molecular complexity index is 1160. The van der Waals surface area contributed by atoms with Gasteiger partial charge in [0.25, 0.3) is 11.5 Å². The van der Waals surface area contributed by atoms with Crippen molar-refractivity contribution in [1.82, 2.24) is 4.31 Å². The predicted octanol–water partition coefficient (Wildman–Crippen LogP) is 5.62. The van der Waals surface area contributed by atoms with Crippen molar-refractivity contribution in [3.05, 3.63) is 71.8 Å². The molecular formula is C28H37BF3NO5S. The lowest BCUT2D eigenvalue weighted by Gasteiger charge is -2.42. The molecule has 3 rings (SSSR count). The molecule has 0 N–H and O–H groups in total. The van der Waals surface area contributed by atoms with E-state index in [1.807, 2.05) is 0 Å². The molecule has 2 aromatic rings. The minimum Gasteiger partial charge on any atom is -0.402 e. The SMILES string of the molecule is CO[C@@](C(=O)N([C@@H](Cc1ccccc1)B1OC(C)(C)C(C)(C)O1)[S@](=O)C(C)(C)C)(c1ccccc1)C(F)(F)F. The Morgan fingerprint density at radius 2 is 1.41 bits per heavy atom. The average Bonchev–Trinajstić information content (AvgIpc) is 3.05. The first-order valence-corrected chi connectivity index (χ1v) is 13.8. The minimum absolute atomic E-state index is 0.0255. The molecule has 3 atom stereocenters. The molecule has 1 aliphatic rings. The Hall–Kier alpha value is -2.21. The molecule has 1 aliphatic heterocycles. The van der Waals surface area contributed by atoms with Crippen LogP contribution in [-0.2, 0) is 41.8 Å². The third-order valence-electron chi connectivity index (χ3n) is 7.26. The van der Waals surface area contributed by atoms with Crippen molar-refractivity contribution in [2.75, 3.05) is 7.11 Å². The van der Waals surface area contributed by atoms with Crippen LogP contribution in [-0.4, -0.2) is 56.7 Å². The van der Waals surface area contributed by atoms with E-state index in [0.717, 1.165) is 11.4 Å². The minimum atomic E-state index is -5.19. The lowest BCUT2D eigenvalue weighted by atomic mass is 9.74. The summed E-state index contributed by atoms with van der Waals surface area (Å²) in [5.41, 5.74) is -4.85. The number of nitrogens with zero attached hydrogens (tertiary/aromatic N) is 1. The van der Waals surface area contributed by atoms with E-state index in [4.69, 9.17) is 14.0 Å². The third kappa shape index (κ3) is 5.96. The second-order valence-electron chi connectivity index (χ2n) is 11.6. The van der Waals surface area contributed by atoms with Gasteiger partial charge in [0.05, 0.1) is 21.9 Å². The van der Waals surface area contributed by atoms with Crippen LogP contribution in [0.1, 0.15) is 59.6 Å². The standard InChI is InChI=1S/C28H37BF3NO5S/c1-24(2,3)39(35)33(23(34)27(36-8,28(30,31)32)21-17-13-10-14-18-21)22(19-20-15-11-9-12-16-20)29-37-25(4,5)26(6,7)38-29/h9-18,22H,19H2,1-8H3/t22-,27+,39+/m0/s1. The van der Waals surface area contributed by atoms with Crippen LogP contribution in [0.15, 0.2) is 60.7 Å². The largest absolute Gasteiger partial charge is 0.483 e. The highest BCUT2D eigenvalue weighted by Gasteiger charge is 2.67. The van der Waals surface area contributed by atoms with Crippen LogP contribution >= 0.6 is 0 Å². The lowest BCUT2D eigenvalue weighted by molar-refractivity contribution is -0.268. The Balaban J connectivity index is 2.29. The van der Waals surface area contributed by atoms with Gasteiger partial charge >= 0.3 is 13.3 Å². The fourth-order valence-electron chi connectivity index (χ4n) is 4.39. The number of methoxy groups -OCH3 is 1. The number of alkyl halides is 3. The highest BCUT2D eigenvalue weighted by Crippen LogP contribution is 2.46. The van der Waals surface area contributed by atoms with E-state index in [2.05, 4.69) is 0 Å². The molecule has 6 nitrogen and oxygen atoms in total. The first kappa shape index (κ1) is 31.3. The highest BCUT2D eigenvalue weighted by molar-refractivity contribution is 7.84. The topological polar surface area (TPSA) is 65.1 Å². The van der Waals surface area contributed by atoms with Gasteiger partial charge in [0.2, 0.25) is 0 Å². The molecule has 1 amide bonds. The van der Waals surface area contributed by atoms with Gasteiger partial charge in [-0.2, -0.15) is 13.2 Å². The van der Waals surface area contributed by atoms with Crippen LogP contribution in [0.25, 0.3) is 0 Å². The summed E-state index contributed by atoms with van der Waals surface area (Å²) in [5.74, 6) is -2.70. The maximum atomic E-state index is 15.0. The number of benzene rings is 2. The molecule has 0 bridgehead atoms. The van der Waals surface area contributed by atoms with Crippen molar-refractivity contribution in [2.45, 2.75) is 88.6 Å². The van der Waals surface area contributed by atoms with E-state index >= 15 is 13.2 Å². The molecule has 1 saturated heterocycles. The van der Waals surface area contributed by atoms with Crippen LogP contribution in [0.2, 0.25) is 0 Å². The van der Waals surface area contributed by atoms with Gasteiger partial charge in [-0.25, -0.2) is 4.21 Å². The van der Waals surface area contributed by atoms with Gasteiger partial charge in [-0.05, 0) is 60.5 Å². The fraction of sp³-hybridized carbons (Fsp3) is 0.536. The van der Waals surface area contributed by atoms with E-state index in [1.54, 1.807) is 84.9 Å². The number of rotatable bonds is 8. The Labute approximate surface area is 231 Å². The average molecular weight is 567 g/mol. The van der Waals surface area contributed by atoms with Crippen molar-refractivity contribution < 1.29 is 36.2 Å². The van der Waals surface area contributed by atoms with Gasteiger partial charge in [-0.1, -0.05) is 60.7 Å². The summed E-state index contributed by atoms with van der Waals surface area (Å²) in [4.78, 5) is 14.4. The van der Waals surface area contributed by atoms with E-state index in [0.29, 0.717) is 5.56 Å². The molecule has 0 saturated carbocycles. The first-order valence-electron chi connectivity index (χ1n) is 12.7. The maximum Gasteiger partial charge on any atom is 0.483 e. The molecule has 1 heterocycles. The van der Waals surface area contributed by atoms with Crippen molar-refractivity contribution >= 4 is 24.0 Å². The molecule has 2 aromatic carbocycles. The van der Waals surface area contributed by atoms with Crippen LogP contribution in [0.3, 0.4) is 0 Å². The van der Waals surface area contributed by atoms with Crippen LogP contribution in [0.5, 0.6) is 0 Å². The summed E-state index contributed by atoms with van der Waals surface area (Å²) >= 11 is 0. The monoisotopic (exact) mass is 567 g/mol. The Kier molecular flexibility index (Phi) is 8.83. The molecule has 39 heavy (non-hydrogen) atoms. The van der Waals surface area contributed by atoms with Gasteiger partial charge in [0, 0.05) is 12.7 Å². The second-order valence-corrected chi connectivity index (χ2v) is 13.7. The van der Waals surface area contributed by atoms with Gasteiger partial charge in [-0.3, -0.25) is 9.10 Å². The zero-order chi connectivity index (χ0) is 29.4. The molecule has 11 heteroatoms. The van der Waals surface area contributed by atoms with E-state index in [1.165, 1.54) is 24.3 Å². The summed E-state index contributed by atoms with van der Waals surface area (Å²) in [6, 6.07) is 15.6.